The van der Waals surface area contributed by atoms with Crippen LogP contribution in [0.1, 0.15) is 15.2 Å². The summed E-state index contributed by atoms with van der Waals surface area (Å²) in [6.07, 6.45) is 1.62. The van der Waals surface area contributed by atoms with Crippen LogP contribution in [0.3, 0.4) is 0 Å². The summed E-state index contributed by atoms with van der Waals surface area (Å²) in [5.74, 6) is -1.31. The summed E-state index contributed by atoms with van der Waals surface area (Å²) < 4.78 is 0. The van der Waals surface area contributed by atoms with E-state index in [4.69, 9.17) is 16.7 Å². The molecule has 2 aromatic rings. The van der Waals surface area contributed by atoms with Gasteiger partial charge in [0, 0.05) is 23.2 Å². The van der Waals surface area contributed by atoms with E-state index in [1.807, 2.05) is 6.92 Å². The van der Waals surface area contributed by atoms with Crippen molar-refractivity contribution in [3.05, 3.63) is 43.9 Å². The molecule has 20 heavy (non-hydrogen) atoms. The number of halogens is 1. The van der Waals surface area contributed by atoms with Crippen LogP contribution >= 0.6 is 22.9 Å². The highest BCUT2D eigenvalue weighted by Gasteiger charge is 2.20. The molecule has 0 radical (unpaired) electrons. The number of nitrogens with one attached hydrogen (secondary N) is 1. The van der Waals surface area contributed by atoms with Crippen molar-refractivity contribution in [2.24, 2.45) is 0 Å². The number of nitro benzene ring substituents is 1. The van der Waals surface area contributed by atoms with Crippen molar-refractivity contribution in [1.29, 1.82) is 0 Å². The van der Waals surface area contributed by atoms with Crippen molar-refractivity contribution in [2.75, 3.05) is 5.32 Å². The second-order valence-corrected chi connectivity index (χ2v) is 5.46. The number of anilines is 2. The Morgan fingerprint density at radius 2 is 2.25 bits per heavy atom. The lowest BCUT2D eigenvalue weighted by Gasteiger charge is -2.09. The third kappa shape index (κ3) is 2.86. The molecule has 0 amide bonds. The summed E-state index contributed by atoms with van der Waals surface area (Å²) in [5.41, 5.74) is -0.579. The molecule has 2 N–H and O–H groups in total. The van der Waals surface area contributed by atoms with Crippen LogP contribution in [0.2, 0.25) is 5.02 Å². The van der Waals surface area contributed by atoms with Crippen LogP contribution in [0.4, 0.5) is 16.5 Å². The summed E-state index contributed by atoms with van der Waals surface area (Å²) in [7, 11) is 0. The Morgan fingerprint density at radius 3 is 2.75 bits per heavy atom. The maximum absolute atomic E-state index is 11.2. The number of aryl methyl sites for hydroxylation is 1. The molecule has 0 aliphatic carbocycles. The van der Waals surface area contributed by atoms with Gasteiger partial charge in [-0.2, -0.15) is 0 Å². The van der Waals surface area contributed by atoms with Gasteiger partial charge in [0.15, 0.2) is 5.13 Å². The van der Waals surface area contributed by atoms with Crippen molar-refractivity contribution in [1.82, 2.24) is 4.98 Å². The van der Waals surface area contributed by atoms with Gasteiger partial charge < -0.3 is 10.4 Å². The largest absolute Gasteiger partial charge is 0.478 e. The second-order valence-electron chi connectivity index (χ2n) is 3.81. The van der Waals surface area contributed by atoms with Crippen LogP contribution in [0.15, 0.2) is 18.3 Å². The fourth-order valence-electron chi connectivity index (χ4n) is 1.51. The first-order valence-electron chi connectivity index (χ1n) is 5.29. The molecule has 0 fully saturated rings. The van der Waals surface area contributed by atoms with Gasteiger partial charge >= 0.3 is 5.97 Å². The molecule has 0 bridgehead atoms. The fourth-order valence-corrected chi connectivity index (χ4v) is 2.44. The van der Waals surface area contributed by atoms with E-state index in [1.165, 1.54) is 11.3 Å². The first-order valence-corrected chi connectivity index (χ1v) is 6.48. The molecule has 1 aromatic carbocycles. The number of benzene rings is 1. The van der Waals surface area contributed by atoms with E-state index in [1.54, 1.807) is 6.20 Å². The zero-order valence-corrected chi connectivity index (χ0v) is 11.7. The minimum absolute atomic E-state index is 0.0514. The highest BCUT2D eigenvalue weighted by molar-refractivity contribution is 7.15. The average Bonchev–Trinajstić information content (AvgIpc) is 2.76. The van der Waals surface area contributed by atoms with E-state index in [-0.39, 0.29) is 22.0 Å². The maximum Gasteiger partial charge on any atom is 0.338 e. The number of aromatic carboxylic acids is 1. The lowest BCUT2D eigenvalue weighted by atomic mass is 10.1. The highest BCUT2D eigenvalue weighted by Crippen LogP contribution is 2.34. The van der Waals surface area contributed by atoms with E-state index in [9.17, 15) is 14.9 Å². The number of nitrogens with zero attached hydrogens (tertiary/aromatic N) is 2. The number of carboxylic acids is 1. The van der Waals surface area contributed by atoms with Crippen molar-refractivity contribution < 1.29 is 14.8 Å². The Bertz CT molecular complexity index is 701. The number of aromatic nitrogens is 1. The Hall–Kier alpha value is -2.19. The van der Waals surface area contributed by atoms with E-state index >= 15 is 0 Å². The fraction of sp³-hybridized carbons (Fsp3) is 0.0909. The molecule has 104 valence electrons. The van der Waals surface area contributed by atoms with Crippen molar-refractivity contribution in [2.45, 2.75) is 6.92 Å². The van der Waals surface area contributed by atoms with E-state index in [0.29, 0.717) is 5.13 Å². The van der Waals surface area contributed by atoms with E-state index < -0.39 is 10.9 Å². The molecule has 0 spiro atoms. The van der Waals surface area contributed by atoms with Gasteiger partial charge in [-0.3, -0.25) is 10.1 Å². The Labute approximate surface area is 122 Å². The van der Waals surface area contributed by atoms with Gasteiger partial charge in [0.25, 0.3) is 5.69 Å². The smallest absolute Gasteiger partial charge is 0.338 e. The first kappa shape index (κ1) is 14.2. The SMILES string of the molecule is Cc1cnc(Nc2c(Cl)cc([N+](=O)[O-])cc2C(=O)O)s1. The Balaban J connectivity index is 2.51. The lowest BCUT2D eigenvalue weighted by molar-refractivity contribution is -0.384. The minimum atomic E-state index is -1.31. The van der Waals surface area contributed by atoms with E-state index in [2.05, 4.69) is 10.3 Å². The number of hydrogen-bond donors (Lipinski definition) is 2. The molecule has 7 nitrogen and oxygen atoms in total. The molecular formula is C11H8ClN3O4S. The molecule has 0 unspecified atom stereocenters. The predicted molar refractivity (Wildman–Crippen MR) is 75.2 cm³/mol. The number of nitro groups is 1. The van der Waals surface area contributed by atoms with Crippen LogP contribution in [0.25, 0.3) is 0 Å². The molecule has 9 heteroatoms. The van der Waals surface area contributed by atoms with Crippen molar-refractivity contribution in [3.8, 4) is 0 Å². The van der Waals surface area contributed by atoms with Gasteiger partial charge in [0.1, 0.15) is 0 Å². The zero-order chi connectivity index (χ0) is 14.9. The molecule has 2 rings (SSSR count). The number of hydrogen-bond acceptors (Lipinski definition) is 6. The minimum Gasteiger partial charge on any atom is -0.478 e. The molecule has 0 saturated heterocycles. The van der Waals surface area contributed by atoms with Crippen LogP contribution in [-0.2, 0) is 0 Å². The standard InChI is InChI=1S/C11H8ClN3O4S/c1-5-4-13-11(20-5)14-9-7(10(16)17)2-6(15(18)19)3-8(9)12/h2-4H,1H3,(H,13,14)(H,16,17). The number of carboxylic acid groups (broad SMARTS) is 1. The normalized spacial score (nSPS) is 10.3. The number of rotatable bonds is 4. The highest BCUT2D eigenvalue weighted by atomic mass is 35.5. The number of non-ortho nitro benzene ring substituents is 1. The van der Waals surface area contributed by atoms with Gasteiger partial charge in [0.05, 0.1) is 21.2 Å². The Morgan fingerprint density at radius 1 is 1.55 bits per heavy atom. The van der Waals surface area contributed by atoms with Crippen molar-refractivity contribution in [3.63, 3.8) is 0 Å². The Kier molecular flexibility index (Phi) is 3.86. The molecular weight excluding hydrogens is 306 g/mol. The summed E-state index contributed by atoms with van der Waals surface area (Å²) in [5, 5.41) is 23.1. The molecule has 1 heterocycles. The molecule has 1 aromatic heterocycles. The maximum atomic E-state index is 11.2. The predicted octanol–water partition coefficient (Wildman–Crippen LogP) is 3.45. The van der Waals surface area contributed by atoms with Gasteiger partial charge in [-0.15, -0.1) is 11.3 Å². The molecule has 0 aliphatic rings. The monoisotopic (exact) mass is 313 g/mol. The van der Waals surface area contributed by atoms with Gasteiger partial charge in [-0.05, 0) is 6.92 Å². The molecule has 0 atom stereocenters. The van der Waals surface area contributed by atoms with E-state index in [0.717, 1.165) is 17.0 Å². The van der Waals surface area contributed by atoms with Gasteiger partial charge in [-0.1, -0.05) is 11.6 Å². The number of thiazole rings is 1. The van der Waals surface area contributed by atoms with Crippen LogP contribution in [-0.4, -0.2) is 21.0 Å². The summed E-state index contributed by atoms with van der Waals surface area (Å²) in [6.45, 7) is 1.85. The number of carbonyl (C=O) groups is 1. The van der Waals surface area contributed by atoms with Crippen LogP contribution in [0.5, 0.6) is 0 Å². The van der Waals surface area contributed by atoms with Crippen LogP contribution in [0, 0.1) is 17.0 Å². The topological polar surface area (TPSA) is 105 Å². The quantitative estimate of drug-likeness (QED) is 0.661. The second kappa shape index (κ2) is 5.43. The van der Waals surface area contributed by atoms with Gasteiger partial charge in [-0.25, -0.2) is 9.78 Å². The lowest BCUT2D eigenvalue weighted by Crippen LogP contribution is -2.04. The molecule has 0 aliphatic heterocycles. The first-order chi connectivity index (χ1) is 9.38. The van der Waals surface area contributed by atoms with Crippen LogP contribution < -0.4 is 5.32 Å². The third-order valence-electron chi connectivity index (χ3n) is 2.37. The van der Waals surface area contributed by atoms with Crippen molar-refractivity contribution >= 4 is 45.4 Å². The summed E-state index contributed by atoms with van der Waals surface area (Å²) in [4.78, 5) is 26.2. The molecule has 0 saturated carbocycles. The third-order valence-corrected chi connectivity index (χ3v) is 3.50. The summed E-state index contributed by atoms with van der Waals surface area (Å²) in [6, 6.07) is 2.05. The average molecular weight is 314 g/mol. The zero-order valence-electron chi connectivity index (χ0n) is 10.1. The van der Waals surface area contributed by atoms with Gasteiger partial charge in [0.2, 0.25) is 0 Å². The summed E-state index contributed by atoms with van der Waals surface area (Å²) >= 11 is 7.24.